The Kier molecular flexibility index (Phi) is 7.38. The summed E-state index contributed by atoms with van der Waals surface area (Å²) in [6.45, 7) is 0.711. The van der Waals surface area contributed by atoms with Crippen LogP contribution < -0.4 is 5.73 Å². The summed E-state index contributed by atoms with van der Waals surface area (Å²) in [6, 6.07) is -0.814. The van der Waals surface area contributed by atoms with Crippen LogP contribution in [0.25, 0.3) is 0 Å². The molecule has 1 unspecified atom stereocenters. The molecule has 2 atom stereocenters. The fourth-order valence-electron chi connectivity index (χ4n) is 1.92. The van der Waals surface area contributed by atoms with Crippen molar-refractivity contribution in [3.63, 3.8) is 0 Å². The number of carbonyl (C=O) groups excluding carboxylic acids is 3. The molecule has 1 saturated heterocycles. The summed E-state index contributed by atoms with van der Waals surface area (Å²) in [5.74, 6) is -1.05. The van der Waals surface area contributed by atoms with Crippen LogP contribution in [0.1, 0.15) is 6.42 Å². The maximum absolute atomic E-state index is 12.1. The lowest BCUT2D eigenvalue weighted by atomic mass is 9.98. The number of likely N-dealkylation sites (tertiary alicyclic amines) is 1. The van der Waals surface area contributed by atoms with Gasteiger partial charge in [-0.25, -0.2) is 0 Å². The highest BCUT2D eigenvalue weighted by molar-refractivity contribution is 7.81. The Bertz CT molecular complexity index is 390. The van der Waals surface area contributed by atoms with Crippen molar-refractivity contribution in [2.75, 3.05) is 30.6 Å². The topological polar surface area (TPSA) is 83.7 Å². The Labute approximate surface area is 134 Å². The molecule has 0 saturated carbocycles. The molecule has 1 rings (SSSR count). The first-order chi connectivity index (χ1) is 9.46. The first-order valence-electron chi connectivity index (χ1n) is 6.14. The van der Waals surface area contributed by atoms with E-state index >= 15 is 0 Å². The van der Waals surface area contributed by atoms with Gasteiger partial charge in [0.05, 0.1) is 6.04 Å². The quantitative estimate of drug-likeness (QED) is 0.203. The number of nitrogens with zero attached hydrogens (tertiary/aromatic N) is 2. The molecule has 0 aromatic rings. The number of Topliss-reactive ketones (excluding diaryl/α,β-unsaturated/α-hetero) is 1. The average Bonchev–Trinajstić information content (AvgIpc) is 2.74. The minimum absolute atomic E-state index is 0.0963. The largest absolute Gasteiger partial charge is 0.321 e. The Morgan fingerprint density at radius 1 is 1.35 bits per heavy atom. The van der Waals surface area contributed by atoms with E-state index in [1.54, 1.807) is 0 Å². The van der Waals surface area contributed by atoms with Gasteiger partial charge in [-0.3, -0.25) is 24.2 Å². The van der Waals surface area contributed by atoms with Gasteiger partial charge >= 0.3 is 0 Å². The standard InChI is InChI=1S/C11H19N3O3S3/c12-8(4-18)10(16)7-3-9(15)14(11(7)17)2-1-13(5-19)6-20/h7-8,18-20H,1-6,12H2/t7?,8-/m0/s1. The average molecular weight is 337 g/mol. The second-order valence-electron chi connectivity index (χ2n) is 4.51. The summed E-state index contributed by atoms with van der Waals surface area (Å²) in [4.78, 5) is 38.8. The number of hydrogen-bond acceptors (Lipinski definition) is 8. The van der Waals surface area contributed by atoms with Gasteiger partial charge in [0.15, 0.2) is 5.78 Å². The van der Waals surface area contributed by atoms with E-state index in [1.807, 2.05) is 4.90 Å². The van der Waals surface area contributed by atoms with Gasteiger partial charge in [0.1, 0.15) is 5.92 Å². The number of amides is 2. The normalized spacial score (nSPS) is 20.9. The zero-order valence-corrected chi connectivity index (χ0v) is 13.6. The van der Waals surface area contributed by atoms with Gasteiger partial charge in [-0.05, 0) is 0 Å². The lowest BCUT2D eigenvalue weighted by molar-refractivity contribution is -0.141. The highest BCUT2D eigenvalue weighted by Crippen LogP contribution is 2.21. The van der Waals surface area contributed by atoms with E-state index in [1.165, 1.54) is 0 Å². The van der Waals surface area contributed by atoms with Crippen molar-refractivity contribution >= 4 is 55.5 Å². The van der Waals surface area contributed by atoms with Crippen molar-refractivity contribution < 1.29 is 14.4 Å². The summed E-state index contributed by atoms with van der Waals surface area (Å²) in [5, 5.41) is 0. The van der Waals surface area contributed by atoms with E-state index in [2.05, 4.69) is 37.9 Å². The molecule has 20 heavy (non-hydrogen) atoms. The third kappa shape index (κ3) is 4.14. The Morgan fingerprint density at radius 2 is 1.95 bits per heavy atom. The molecule has 1 aliphatic heterocycles. The summed E-state index contributed by atoms with van der Waals surface area (Å²) in [7, 11) is 0. The van der Waals surface area contributed by atoms with Gasteiger partial charge in [0.25, 0.3) is 0 Å². The van der Waals surface area contributed by atoms with Crippen molar-refractivity contribution in [2.24, 2.45) is 11.7 Å². The van der Waals surface area contributed by atoms with Crippen LogP contribution in [0.3, 0.4) is 0 Å². The van der Waals surface area contributed by atoms with E-state index in [4.69, 9.17) is 5.73 Å². The van der Waals surface area contributed by atoms with Crippen LogP contribution >= 0.6 is 37.9 Å². The minimum atomic E-state index is -0.954. The minimum Gasteiger partial charge on any atom is -0.321 e. The van der Waals surface area contributed by atoms with Crippen LogP contribution in [0.2, 0.25) is 0 Å². The summed E-state index contributed by atoms with van der Waals surface area (Å²) >= 11 is 12.2. The van der Waals surface area contributed by atoms with Gasteiger partial charge in [0.2, 0.25) is 11.8 Å². The molecule has 9 heteroatoms. The highest BCUT2D eigenvalue weighted by atomic mass is 32.1. The predicted molar refractivity (Wildman–Crippen MR) is 86.1 cm³/mol. The third-order valence-electron chi connectivity index (χ3n) is 3.19. The molecule has 0 spiro atoms. The number of thiol groups is 3. The predicted octanol–water partition coefficient (Wildman–Crippen LogP) is -0.736. The Morgan fingerprint density at radius 3 is 2.45 bits per heavy atom. The van der Waals surface area contributed by atoms with E-state index in [9.17, 15) is 14.4 Å². The SMILES string of the molecule is N[C@@H](CS)C(=O)C1CC(=O)N(CCN(CS)CS)C1=O. The lowest BCUT2D eigenvalue weighted by Gasteiger charge is -2.21. The van der Waals surface area contributed by atoms with Crippen molar-refractivity contribution in [2.45, 2.75) is 12.5 Å². The first kappa shape index (κ1) is 17.8. The molecule has 0 aromatic heterocycles. The molecule has 6 nitrogen and oxygen atoms in total. The number of nitrogens with two attached hydrogens (primary N) is 1. The molecule has 0 aromatic carbocycles. The van der Waals surface area contributed by atoms with Gasteiger partial charge < -0.3 is 5.73 Å². The van der Waals surface area contributed by atoms with Crippen molar-refractivity contribution in [3.8, 4) is 0 Å². The van der Waals surface area contributed by atoms with Crippen molar-refractivity contribution in [1.29, 1.82) is 0 Å². The van der Waals surface area contributed by atoms with Gasteiger partial charge in [-0.2, -0.15) is 37.9 Å². The molecule has 2 N–H and O–H groups in total. The number of imide groups is 1. The zero-order valence-electron chi connectivity index (χ0n) is 10.9. The molecule has 114 valence electrons. The molecule has 0 aliphatic carbocycles. The fraction of sp³-hybridized carbons (Fsp3) is 0.727. The first-order valence-corrected chi connectivity index (χ1v) is 8.04. The number of ketones is 1. The van der Waals surface area contributed by atoms with Crippen LogP contribution in [-0.2, 0) is 14.4 Å². The maximum Gasteiger partial charge on any atom is 0.240 e. The molecule has 1 fully saturated rings. The van der Waals surface area contributed by atoms with Crippen molar-refractivity contribution in [1.82, 2.24) is 9.80 Å². The monoisotopic (exact) mass is 337 g/mol. The van der Waals surface area contributed by atoms with Crippen molar-refractivity contribution in [3.05, 3.63) is 0 Å². The van der Waals surface area contributed by atoms with Gasteiger partial charge in [-0.15, -0.1) is 0 Å². The van der Waals surface area contributed by atoms with E-state index in [-0.39, 0.29) is 24.6 Å². The Balaban J connectivity index is 2.65. The molecule has 0 radical (unpaired) electrons. The van der Waals surface area contributed by atoms with Crippen LogP contribution in [0.5, 0.6) is 0 Å². The molecule has 2 amide bonds. The van der Waals surface area contributed by atoms with Crippen LogP contribution in [0, 0.1) is 5.92 Å². The van der Waals surface area contributed by atoms with Gasteiger partial charge in [0, 0.05) is 37.0 Å². The third-order valence-corrected chi connectivity index (χ3v) is 4.38. The number of rotatable bonds is 8. The van der Waals surface area contributed by atoms with E-state index in [0.29, 0.717) is 18.3 Å². The second kappa shape index (κ2) is 8.28. The smallest absolute Gasteiger partial charge is 0.240 e. The van der Waals surface area contributed by atoms with E-state index in [0.717, 1.165) is 4.90 Å². The molecular formula is C11H19N3O3S3. The Hall–Kier alpha value is -0.220. The van der Waals surface area contributed by atoms with E-state index < -0.39 is 23.7 Å². The highest BCUT2D eigenvalue weighted by Gasteiger charge is 2.43. The van der Waals surface area contributed by atoms with Crippen LogP contribution in [0.15, 0.2) is 0 Å². The molecule has 0 bridgehead atoms. The molecule has 1 heterocycles. The number of carbonyl (C=O) groups is 3. The molecular weight excluding hydrogens is 318 g/mol. The summed E-state index contributed by atoms with van der Waals surface area (Å²) in [6.07, 6.45) is -0.0963. The summed E-state index contributed by atoms with van der Waals surface area (Å²) in [5.41, 5.74) is 5.58. The van der Waals surface area contributed by atoms with Crippen LogP contribution in [-0.4, -0.2) is 64.0 Å². The second-order valence-corrected chi connectivity index (χ2v) is 5.44. The zero-order chi connectivity index (χ0) is 15.3. The van der Waals surface area contributed by atoms with Crippen LogP contribution in [0.4, 0.5) is 0 Å². The lowest BCUT2D eigenvalue weighted by Crippen LogP contribution is -2.42. The maximum atomic E-state index is 12.1. The number of hydrogen-bond donors (Lipinski definition) is 4. The summed E-state index contributed by atoms with van der Waals surface area (Å²) < 4.78 is 0. The molecule has 1 aliphatic rings. The fourth-order valence-corrected chi connectivity index (χ4v) is 2.74. The van der Waals surface area contributed by atoms with Gasteiger partial charge in [-0.1, -0.05) is 0 Å².